The summed E-state index contributed by atoms with van der Waals surface area (Å²) in [5.41, 5.74) is 2.08. The molecule has 0 fully saturated rings. The van der Waals surface area contributed by atoms with Crippen LogP contribution < -0.4 is 15.4 Å². The Morgan fingerprint density at radius 1 is 0.906 bits per heavy atom. The maximum Gasteiger partial charge on any atom is 0.308 e. The second kappa shape index (κ2) is 10.9. The molecule has 0 spiro atoms. The Hall–Kier alpha value is -4.00. The molecule has 7 heteroatoms. The van der Waals surface area contributed by atoms with E-state index in [1.54, 1.807) is 60.7 Å². The fourth-order valence-electron chi connectivity index (χ4n) is 3.09. The third kappa shape index (κ3) is 6.50. The fourth-order valence-corrected chi connectivity index (χ4v) is 3.09. The molecule has 0 aliphatic carbocycles. The Kier molecular flexibility index (Phi) is 7.70. The predicted molar refractivity (Wildman–Crippen MR) is 119 cm³/mol. The molecule has 0 saturated heterocycles. The number of benzene rings is 3. The molecule has 0 heterocycles. The molecule has 32 heavy (non-hydrogen) atoms. The Bertz CT molecular complexity index is 1130. The first-order chi connectivity index (χ1) is 15.4. The van der Waals surface area contributed by atoms with E-state index in [1.165, 1.54) is 19.1 Å². The standard InChI is InChI=1S/C25H23FN2O4/c1-17(29)32-21-10-6-9-19(15-21)25(31)28-23-12-5-3-8-20(23)16-27-24(30)14-13-18-7-2-4-11-22(18)26/h2-12,15H,13-14,16H2,1H3,(H,27,30)(H,28,31). The summed E-state index contributed by atoms with van der Waals surface area (Å²) in [7, 11) is 0. The van der Waals surface area contributed by atoms with Crippen LogP contribution in [0.25, 0.3) is 0 Å². The number of ether oxygens (including phenoxy) is 1. The minimum Gasteiger partial charge on any atom is -0.427 e. The van der Waals surface area contributed by atoms with Crippen LogP contribution >= 0.6 is 0 Å². The first kappa shape index (κ1) is 22.7. The number of halogens is 1. The van der Waals surface area contributed by atoms with Gasteiger partial charge in [0.15, 0.2) is 0 Å². The number of carbonyl (C=O) groups is 3. The largest absolute Gasteiger partial charge is 0.427 e. The summed E-state index contributed by atoms with van der Waals surface area (Å²) in [4.78, 5) is 36.0. The third-order valence-corrected chi connectivity index (χ3v) is 4.68. The van der Waals surface area contributed by atoms with E-state index in [1.807, 2.05) is 0 Å². The second-order valence-electron chi connectivity index (χ2n) is 7.10. The lowest BCUT2D eigenvalue weighted by Gasteiger charge is -2.13. The number of para-hydroxylation sites is 1. The quantitative estimate of drug-likeness (QED) is 0.410. The van der Waals surface area contributed by atoms with E-state index in [0.29, 0.717) is 23.2 Å². The molecule has 0 bridgehead atoms. The highest BCUT2D eigenvalue weighted by atomic mass is 19.1. The van der Waals surface area contributed by atoms with Crippen LogP contribution in [0.3, 0.4) is 0 Å². The molecular weight excluding hydrogens is 411 g/mol. The van der Waals surface area contributed by atoms with Crippen LogP contribution in [-0.2, 0) is 22.6 Å². The van der Waals surface area contributed by atoms with Crippen LogP contribution in [0.5, 0.6) is 5.75 Å². The molecule has 0 aliphatic heterocycles. The van der Waals surface area contributed by atoms with Crippen molar-refractivity contribution in [3.63, 3.8) is 0 Å². The number of hydrogen-bond acceptors (Lipinski definition) is 4. The zero-order valence-electron chi connectivity index (χ0n) is 17.6. The fraction of sp³-hybridized carbons (Fsp3) is 0.160. The minimum absolute atomic E-state index is 0.151. The van der Waals surface area contributed by atoms with E-state index in [9.17, 15) is 18.8 Å². The van der Waals surface area contributed by atoms with Crippen molar-refractivity contribution in [1.29, 1.82) is 0 Å². The van der Waals surface area contributed by atoms with E-state index < -0.39 is 5.97 Å². The van der Waals surface area contributed by atoms with Crippen LogP contribution in [-0.4, -0.2) is 17.8 Å². The molecule has 0 aromatic heterocycles. The SMILES string of the molecule is CC(=O)Oc1cccc(C(=O)Nc2ccccc2CNC(=O)CCc2ccccc2F)c1. The second-order valence-corrected chi connectivity index (χ2v) is 7.10. The van der Waals surface area contributed by atoms with Gasteiger partial charge in [0.05, 0.1) is 0 Å². The van der Waals surface area contributed by atoms with Gasteiger partial charge in [0.25, 0.3) is 5.91 Å². The van der Waals surface area contributed by atoms with Crippen molar-refractivity contribution in [2.45, 2.75) is 26.3 Å². The Morgan fingerprint density at radius 3 is 2.38 bits per heavy atom. The number of esters is 1. The van der Waals surface area contributed by atoms with Crippen molar-refractivity contribution in [3.8, 4) is 5.75 Å². The summed E-state index contributed by atoms with van der Waals surface area (Å²) in [6.07, 6.45) is 0.452. The number of anilines is 1. The number of carbonyl (C=O) groups excluding carboxylic acids is 3. The molecule has 3 aromatic carbocycles. The van der Waals surface area contributed by atoms with Crippen molar-refractivity contribution in [1.82, 2.24) is 5.32 Å². The monoisotopic (exact) mass is 434 g/mol. The maximum absolute atomic E-state index is 13.7. The molecule has 0 radical (unpaired) electrons. The van der Waals surface area contributed by atoms with Crippen molar-refractivity contribution in [2.75, 3.05) is 5.32 Å². The van der Waals surface area contributed by atoms with E-state index in [0.717, 1.165) is 5.56 Å². The molecule has 3 rings (SSSR count). The molecule has 164 valence electrons. The van der Waals surface area contributed by atoms with E-state index in [4.69, 9.17) is 4.74 Å². The molecule has 2 N–H and O–H groups in total. The lowest BCUT2D eigenvalue weighted by atomic mass is 10.1. The van der Waals surface area contributed by atoms with Gasteiger partial charge in [-0.05, 0) is 47.9 Å². The van der Waals surface area contributed by atoms with Gasteiger partial charge in [-0.15, -0.1) is 0 Å². The van der Waals surface area contributed by atoms with Crippen LogP contribution in [0, 0.1) is 5.82 Å². The Morgan fingerprint density at radius 2 is 1.62 bits per heavy atom. The molecule has 6 nitrogen and oxygen atoms in total. The lowest BCUT2D eigenvalue weighted by molar-refractivity contribution is -0.131. The zero-order chi connectivity index (χ0) is 22.9. The highest BCUT2D eigenvalue weighted by Gasteiger charge is 2.12. The summed E-state index contributed by atoms with van der Waals surface area (Å²) in [6, 6.07) is 19.8. The van der Waals surface area contributed by atoms with Gasteiger partial charge in [0.2, 0.25) is 5.91 Å². The minimum atomic E-state index is -0.473. The van der Waals surface area contributed by atoms with Crippen molar-refractivity contribution < 1.29 is 23.5 Å². The van der Waals surface area contributed by atoms with Crippen LogP contribution in [0.15, 0.2) is 72.8 Å². The molecule has 0 aliphatic rings. The van der Waals surface area contributed by atoms with Crippen molar-refractivity contribution in [3.05, 3.63) is 95.3 Å². The first-order valence-corrected chi connectivity index (χ1v) is 10.1. The van der Waals surface area contributed by atoms with Crippen molar-refractivity contribution in [2.24, 2.45) is 0 Å². The molecule has 0 atom stereocenters. The average molecular weight is 434 g/mol. The molecule has 0 saturated carbocycles. The van der Waals surface area contributed by atoms with Crippen LogP contribution in [0.4, 0.5) is 10.1 Å². The maximum atomic E-state index is 13.7. The topological polar surface area (TPSA) is 84.5 Å². The predicted octanol–water partition coefficient (Wildman–Crippen LogP) is 4.25. The lowest BCUT2D eigenvalue weighted by Crippen LogP contribution is -2.24. The van der Waals surface area contributed by atoms with Gasteiger partial charge in [-0.25, -0.2) is 4.39 Å². The molecule has 3 aromatic rings. The van der Waals surface area contributed by atoms with Crippen LogP contribution in [0.1, 0.15) is 34.8 Å². The normalized spacial score (nSPS) is 10.3. The molecule has 0 unspecified atom stereocenters. The van der Waals surface area contributed by atoms with Gasteiger partial charge in [0.1, 0.15) is 11.6 Å². The highest BCUT2D eigenvalue weighted by Crippen LogP contribution is 2.19. The smallest absolute Gasteiger partial charge is 0.308 e. The van der Waals surface area contributed by atoms with E-state index in [-0.39, 0.29) is 36.3 Å². The first-order valence-electron chi connectivity index (χ1n) is 10.1. The Balaban J connectivity index is 1.59. The van der Waals surface area contributed by atoms with Gasteiger partial charge >= 0.3 is 5.97 Å². The Labute approximate surface area is 185 Å². The summed E-state index contributed by atoms with van der Waals surface area (Å²) in [5, 5.41) is 5.62. The zero-order valence-corrected chi connectivity index (χ0v) is 17.6. The van der Waals surface area contributed by atoms with Gasteiger partial charge in [-0.1, -0.05) is 42.5 Å². The number of hydrogen-bond donors (Lipinski definition) is 2. The van der Waals surface area contributed by atoms with Gasteiger partial charge in [-0.3, -0.25) is 14.4 Å². The number of aryl methyl sites for hydroxylation is 1. The van der Waals surface area contributed by atoms with Crippen LogP contribution in [0.2, 0.25) is 0 Å². The third-order valence-electron chi connectivity index (χ3n) is 4.68. The average Bonchev–Trinajstić information content (AvgIpc) is 2.77. The van der Waals surface area contributed by atoms with Gasteiger partial charge in [0, 0.05) is 31.1 Å². The number of rotatable bonds is 8. The molecular formula is C25H23FN2O4. The summed E-state index contributed by atoms with van der Waals surface area (Å²) >= 11 is 0. The van der Waals surface area contributed by atoms with Crippen molar-refractivity contribution >= 4 is 23.5 Å². The van der Waals surface area contributed by atoms with E-state index >= 15 is 0 Å². The number of amides is 2. The van der Waals surface area contributed by atoms with Gasteiger partial charge in [-0.2, -0.15) is 0 Å². The summed E-state index contributed by atoms with van der Waals surface area (Å²) in [5.74, 6) is -1.12. The summed E-state index contributed by atoms with van der Waals surface area (Å²) in [6.45, 7) is 1.49. The molecule has 2 amide bonds. The summed E-state index contributed by atoms with van der Waals surface area (Å²) < 4.78 is 18.7. The van der Waals surface area contributed by atoms with E-state index in [2.05, 4.69) is 10.6 Å². The highest BCUT2D eigenvalue weighted by molar-refractivity contribution is 6.05. The number of nitrogens with one attached hydrogen (secondary N) is 2. The van der Waals surface area contributed by atoms with Gasteiger partial charge < -0.3 is 15.4 Å².